The fraction of sp³-hybridized carbons (Fsp3) is 0.519. The van der Waals surface area contributed by atoms with Crippen LogP contribution in [0.5, 0.6) is 0 Å². The zero-order valence-electron chi connectivity index (χ0n) is 20.7. The Kier molecular flexibility index (Phi) is 6.34. The van der Waals surface area contributed by atoms with Crippen LogP contribution < -0.4 is 10.9 Å². The summed E-state index contributed by atoms with van der Waals surface area (Å²) in [6, 6.07) is 3.49. The lowest BCUT2D eigenvalue weighted by Gasteiger charge is -2.23. The van der Waals surface area contributed by atoms with Crippen LogP contribution in [-0.4, -0.2) is 33.4 Å². The van der Waals surface area contributed by atoms with E-state index in [1.807, 2.05) is 20.8 Å². The van der Waals surface area contributed by atoms with Gasteiger partial charge in [-0.25, -0.2) is 4.98 Å². The van der Waals surface area contributed by atoms with Crippen molar-refractivity contribution in [3.05, 3.63) is 55.4 Å². The molecule has 0 radical (unpaired) electrons. The van der Waals surface area contributed by atoms with Crippen molar-refractivity contribution >= 4 is 33.1 Å². The smallest absolute Gasteiger partial charge is 0.263 e. The number of nitrogens with one attached hydrogen (secondary N) is 1. The number of carbonyl (C=O) groups is 1. The van der Waals surface area contributed by atoms with Crippen LogP contribution in [-0.2, 0) is 24.2 Å². The van der Waals surface area contributed by atoms with Crippen LogP contribution in [0.25, 0.3) is 10.2 Å². The molecule has 1 amide bonds. The number of likely N-dealkylation sites (tertiary alicyclic amines) is 1. The summed E-state index contributed by atoms with van der Waals surface area (Å²) in [5.41, 5.74) is 5.17. The average molecular weight is 479 g/mol. The first-order valence-electron chi connectivity index (χ1n) is 12.5. The summed E-state index contributed by atoms with van der Waals surface area (Å²) >= 11 is 1.68. The number of benzene rings is 1. The maximum absolute atomic E-state index is 14.0. The summed E-state index contributed by atoms with van der Waals surface area (Å²) < 4.78 is 1.68. The molecule has 0 bridgehead atoms. The second-order valence-corrected chi connectivity index (χ2v) is 11.1. The van der Waals surface area contributed by atoms with Gasteiger partial charge in [-0.3, -0.25) is 19.1 Å². The predicted molar refractivity (Wildman–Crippen MR) is 139 cm³/mol. The van der Waals surface area contributed by atoms with Crippen molar-refractivity contribution in [1.82, 2.24) is 14.5 Å². The number of thiophene rings is 1. The van der Waals surface area contributed by atoms with Gasteiger partial charge in [-0.2, -0.15) is 0 Å². The highest BCUT2D eigenvalue weighted by molar-refractivity contribution is 7.18. The van der Waals surface area contributed by atoms with Gasteiger partial charge in [-0.15, -0.1) is 11.3 Å². The van der Waals surface area contributed by atoms with E-state index in [9.17, 15) is 9.59 Å². The highest BCUT2D eigenvalue weighted by Gasteiger charge is 2.28. The number of anilines is 1. The molecule has 1 aromatic carbocycles. The molecular formula is C27H34N4O2S. The third-order valence-corrected chi connectivity index (χ3v) is 8.54. The normalized spacial score (nSPS) is 17.2. The van der Waals surface area contributed by atoms with Crippen molar-refractivity contribution in [3.8, 4) is 0 Å². The molecule has 1 saturated heterocycles. The van der Waals surface area contributed by atoms with Crippen LogP contribution in [0.15, 0.2) is 16.9 Å². The molecule has 34 heavy (non-hydrogen) atoms. The molecule has 2 aliphatic rings. The van der Waals surface area contributed by atoms with Crippen LogP contribution in [0, 0.1) is 20.8 Å². The number of rotatable bonds is 5. The SMILES string of the molecule is Cc1cc(C)c(NC(=O)C(C)n2c(CN3CCCC3)nc3sc4c(c3c2=O)CCCC4)c(C)c1. The minimum absolute atomic E-state index is 0.0569. The first-order chi connectivity index (χ1) is 16.3. The Morgan fingerprint density at radius 1 is 1.09 bits per heavy atom. The Morgan fingerprint density at radius 3 is 2.47 bits per heavy atom. The first kappa shape index (κ1) is 23.2. The lowest BCUT2D eigenvalue weighted by molar-refractivity contribution is -0.119. The molecule has 1 unspecified atom stereocenters. The van der Waals surface area contributed by atoms with Crippen molar-refractivity contribution in [2.45, 2.75) is 78.8 Å². The van der Waals surface area contributed by atoms with Crippen molar-refractivity contribution in [3.63, 3.8) is 0 Å². The largest absolute Gasteiger partial charge is 0.324 e. The van der Waals surface area contributed by atoms with E-state index in [1.165, 1.54) is 35.3 Å². The fourth-order valence-electron chi connectivity index (χ4n) is 5.63. The number of nitrogens with zero attached hydrogens (tertiary/aromatic N) is 3. The summed E-state index contributed by atoms with van der Waals surface area (Å²) in [5.74, 6) is 0.531. The minimum atomic E-state index is -0.652. The first-order valence-corrected chi connectivity index (χ1v) is 13.3. The molecule has 1 N–H and O–H groups in total. The van der Waals surface area contributed by atoms with Crippen LogP contribution >= 0.6 is 11.3 Å². The number of aryl methyl sites for hydroxylation is 5. The van der Waals surface area contributed by atoms with Gasteiger partial charge in [-0.1, -0.05) is 17.7 Å². The zero-order chi connectivity index (χ0) is 24.0. The molecule has 3 aromatic rings. The Morgan fingerprint density at radius 2 is 1.76 bits per heavy atom. The zero-order valence-corrected chi connectivity index (χ0v) is 21.5. The molecule has 7 heteroatoms. The van der Waals surface area contributed by atoms with Crippen LogP contribution in [0.2, 0.25) is 0 Å². The van der Waals surface area contributed by atoms with Gasteiger partial charge in [0.25, 0.3) is 5.56 Å². The molecule has 3 heterocycles. The molecule has 2 aromatic heterocycles. The second-order valence-electron chi connectivity index (χ2n) is 10.0. The number of hydrogen-bond acceptors (Lipinski definition) is 5. The summed E-state index contributed by atoms with van der Waals surface area (Å²) in [4.78, 5) is 37.0. The molecule has 1 aliphatic heterocycles. The van der Waals surface area contributed by atoms with E-state index in [-0.39, 0.29) is 11.5 Å². The van der Waals surface area contributed by atoms with Gasteiger partial charge in [-0.05, 0) is 96.0 Å². The van der Waals surface area contributed by atoms with Gasteiger partial charge < -0.3 is 5.32 Å². The van der Waals surface area contributed by atoms with Gasteiger partial charge in [0.2, 0.25) is 5.91 Å². The molecule has 5 rings (SSSR count). The predicted octanol–water partition coefficient (Wildman–Crippen LogP) is 5.06. The average Bonchev–Trinajstić information content (AvgIpc) is 3.43. The van der Waals surface area contributed by atoms with Crippen LogP contribution in [0.3, 0.4) is 0 Å². The topological polar surface area (TPSA) is 67.2 Å². The lowest BCUT2D eigenvalue weighted by Crippen LogP contribution is -2.36. The lowest BCUT2D eigenvalue weighted by atomic mass is 9.97. The van der Waals surface area contributed by atoms with Crippen molar-refractivity contribution in [2.24, 2.45) is 0 Å². The number of aromatic nitrogens is 2. The van der Waals surface area contributed by atoms with E-state index in [1.54, 1.807) is 15.9 Å². The van der Waals surface area contributed by atoms with E-state index in [0.29, 0.717) is 12.4 Å². The number of carbonyl (C=O) groups excluding carboxylic acids is 1. The standard InChI is InChI=1S/C27H34N4O2S/c1-16-13-17(2)24(18(3)14-16)29-25(32)19(4)31-22(15-30-11-7-8-12-30)28-26-23(27(31)33)20-9-5-6-10-21(20)34-26/h13-14,19H,5-12,15H2,1-4H3,(H,29,32). The summed E-state index contributed by atoms with van der Waals surface area (Å²) in [6.45, 7) is 10.5. The van der Waals surface area contributed by atoms with Gasteiger partial charge in [0.1, 0.15) is 16.7 Å². The summed E-state index contributed by atoms with van der Waals surface area (Å²) in [7, 11) is 0. The monoisotopic (exact) mass is 478 g/mol. The Labute approximate surface area is 205 Å². The van der Waals surface area contributed by atoms with E-state index in [4.69, 9.17) is 4.98 Å². The Hall–Kier alpha value is -2.51. The van der Waals surface area contributed by atoms with E-state index in [2.05, 4.69) is 29.3 Å². The van der Waals surface area contributed by atoms with Crippen molar-refractivity contribution < 1.29 is 4.79 Å². The number of fused-ring (bicyclic) bond motifs is 3. The molecule has 1 atom stereocenters. The van der Waals surface area contributed by atoms with Gasteiger partial charge in [0, 0.05) is 10.6 Å². The van der Waals surface area contributed by atoms with Gasteiger partial charge in [0.05, 0.1) is 11.9 Å². The highest BCUT2D eigenvalue weighted by atomic mass is 32.1. The van der Waals surface area contributed by atoms with Crippen molar-refractivity contribution in [1.29, 1.82) is 0 Å². The van der Waals surface area contributed by atoms with E-state index < -0.39 is 6.04 Å². The molecule has 180 valence electrons. The molecule has 1 aliphatic carbocycles. The van der Waals surface area contributed by atoms with Crippen LogP contribution in [0.1, 0.15) is 71.6 Å². The Balaban J connectivity index is 1.58. The maximum atomic E-state index is 14.0. The minimum Gasteiger partial charge on any atom is -0.324 e. The molecule has 6 nitrogen and oxygen atoms in total. The second kappa shape index (κ2) is 9.27. The highest BCUT2D eigenvalue weighted by Crippen LogP contribution is 2.34. The van der Waals surface area contributed by atoms with E-state index in [0.717, 1.165) is 59.4 Å². The number of hydrogen-bond donors (Lipinski definition) is 1. The molecule has 0 spiro atoms. The summed E-state index contributed by atoms with van der Waals surface area (Å²) in [6.07, 6.45) is 6.57. The summed E-state index contributed by atoms with van der Waals surface area (Å²) in [5, 5.41) is 3.86. The van der Waals surface area contributed by atoms with Crippen molar-refractivity contribution in [2.75, 3.05) is 18.4 Å². The quantitative estimate of drug-likeness (QED) is 0.557. The van der Waals surface area contributed by atoms with E-state index >= 15 is 0 Å². The maximum Gasteiger partial charge on any atom is 0.263 e. The molecule has 0 saturated carbocycles. The Bertz CT molecular complexity index is 1290. The third-order valence-electron chi connectivity index (χ3n) is 7.35. The molecular weight excluding hydrogens is 444 g/mol. The van der Waals surface area contributed by atoms with Gasteiger partial charge in [0.15, 0.2) is 0 Å². The van der Waals surface area contributed by atoms with Gasteiger partial charge >= 0.3 is 0 Å². The molecule has 1 fully saturated rings. The number of amides is 1. The van der Waals surface area contributed by atoms with Crippen LogP contribution in [0.4, 0.5) is 5.69 Å². The fourth-order valence-corrected chi connectivity index (χ4v) is 6.90. The third kappa shape index (κ3) is 4.20.